The van der Waals surface area contributed by atoms with Crippen molar-refractivity contribution in [1.29, 1.82) is 0 Å². The number of nitrogens with zero attached hydrogens (tertiary/aromatic N) is 1. The molecule has 0 unspecified atom stereocenters. The number of nitrogens with one attached hydrogen (secondary N) is 1. The lowest BCUT2D eigenvalue weighted by Crippen LogP contribution is -2.31. The van der Waals surface area contributed by atoms with E-state index < -0.39 is 5.69 Å². The molecule has 1 N–H and O–H groups in total. The van der Waals surface area contributed by atoms with Crippen LogP contribution in [0.4, 0.5) is 0 Å². The van der Waals surface area contributed by atoms with E-state index in [0.717, 1.165) is 0 Å². The van der Waals surface area contributed by atoms with Crippen LogP contribution >= 0.6 is 0 Å². The third-order valence-electron chi connectivity index (χ3n) is 2.33. The molecule has 0 saturated heterocycles. The number of fused-ring (bicyclic) bond motifs is 1. The van der Waals surface area contributed by atoms with Crippen molar-refractivity contribution in [3.8, 4) is 0 Å². The number of rotatable bonds is 3. The minimum absolute atomic E-state index is 0.145. The zero-order valence-electron chi connectivity index (χ0n) is 8.90. The maximum atomic E-state index is 11.6. The molecule has 0 aliphatic heterocycles. The summed E-state index contributed by atoms with van der Waals surface area (Å²) in [6.07, 6.45) is 0. The molecule has 0 radical (unpaired) electrons. The van der Waals surface area contributed by atoms with Crippen LogP contribution in [0.1, 0.15) is 6.92 Å². The van der Waals surface area contributed by atoms with Crippen molar-refractivity contribution in [2.45, 2.75) is 13.7 Å². The van der Waals surface area contributed by atoms with E-state index in [1.165, 1.54) is 4.57 Å². The van der Waals surface area contributed by atoms with Gasteiger partial charge >= 0.3 is 5.69 Å². The molecule has 84 valence electrons. The van der Waals surface area contributed by atoms with Crippen molar-refractivity contribution in [2.24, 2.45) is 0 Å². The van der Waals surface area contributed by atoms with Gasteiger partial charge in [-0.05, 0) is 19.1 Å². The number of benzene rings is 1. The summed E-state index contributed by atoms with van der Waals surface area (Å²) in [5.74, 6) is 0. The molecule has 0 aliphatic carbocycles. The summed E-state index contributed by atoms with van der Waals surface area (Å²) in [4.78, 5) is 25.4. The van der Waals surface area contributed by atoms with Gasteiger partial charge in [-0.1, -0.05) is 12.1 Å². The molecule has 2 aromatic rings. The fourth-order valence-corrected chi connectivity index (χ4v) is 1.55. The average molecular weight is 220 g/mol. The number of H-pyrrole nitrogens is 1. The molecule has 0 saturated carbocycles. The summed E-state index contributed by atoms with van der Waals surface area (Å²) in [5, 5.41) is 0.488. The van der Waals surface area contributed by atoms with Crippen LogP contribution < -0.4 is 11.2 Å². The Morgan fingerprint density at radius 1 is 1.31 bits per heavy atom. The van der Waals surface area contributed by atoms with Gasteiger partial charge in [0.05, 0.1) is 10.9 Å². The maximum Gasteiger partial charge on any atom is 0.330 e. The standard InChI is InChI=1S/C11H12N2O3/c1-2-16-7-13-9-6-4-3-5-8(9)10(14)12-11(13)15/h3-6H,2,7H2,1H3,(H,12,14,15). The zero-order chi connectivity index (χ0) is 11.5. The van der Waals surface area contributed by atoms with Crippen molar-refractivity contribution in [1.82, 2.24) is 9.55 Å². The van der Waals surface area contributed by atoms with Crippen LogP contribution in [-0.4, -0.2) is 16.2 Å². The largest absolute Gasteiger partial charge is 0.361 e. The second kappa shape index (κ2) is 4.32. The van der Waals surface area contributed by atoms with Crippen molar-refractivity contribution in [3.05, 3.63) is 45.1 Å². The highest BCUT2D eigenvalue weighted by Crippen LogP contribution is 2.06. The Hall–Kier alpha value is -1.88. The topological polar surface area (TPSA) is 64.1 Å². The van der Waals surface area contributed by atoms with Crippen LogP contribution in [0, 0.1) is 0 Å². The van der Waals surface area contributed by atoms with Crippen molar-refractivity contribution in [2.75, 3.05) is 6.61 Å². The van der Waals surface area contributed by atoms with Crippen LogP contribution in [0.5, 0.6) is 0 Å². The van der Waals surface area contributed by atoms with Gasteiger partial charge < -0.3 is 4.74 Å². The van der Waals surface area contributed by atoms with E-state index in [9.17, 15) is 9.59 Å². The van der Waals surface area contributed by atoms with Gasteiger partial charge in [0.2, 0.25) is 0 Å². The SMILES string of the molecule is CCOCn1c(=O)[nH]c(=O)c2ccccc21. The normalized spacial score (nSPS) is 10.8. The van der Waals surface area contributed by atoms with E-state index in [1.54, 1.807) is 24.3 Å². The second-order valence-electron chi connectivity index (χ2n) is 3.33. The average Bonchev–Trinajstić information content (AvgIpc) is 2.29. The van der Waals surface area contributed by atoms with E-state index >= 15 is 0 Å². The van der Waals surface area contributed by atoms with Crippen molar-refractivity contribution >= 4 is 10.9 Å². The quantitative estimate of drug-likeness (QED) is 0.827. The third-order valence-corrected chi connectivity index (χ3v) is 2.33. The molecule has 0 spiro atoms. The molecule has 16 heavy (non-hydrogen) atoms. The minimum atomic E-state index is -0.447. The van der Waals surface area contributed by atoms with Gasteiger partial charge in [-0.3, -0.25) is 14.3 Å². The monoisotopic (exact) mass is 220 g/mol. The first-order valence-electron chi connectivity index (χ1n) is 5.03. The molecule has 0 bridgehead atoms. The van der Waals surface area contributed by atoms with Gasteiger partial charge in [0.25, 0.3) is 5.56 Å². The predicted octanol–water partition coefficient (Wildman–Crippen LogP) is 0.684. The molecule has 1 aromatic heterocycles. The lowest BCUT2D eigenvalue weighted by Gasteiger charge is -2.08. The van der Waals surface area contributed by atoms with E-state index in [4.69, 9.17) is 4.74 Å². The number of aromatic amines is 1. The summed E-state index contributed by atoms with van der Waals surface area (Å²) < 4.78 is 6.59. The Morgan fingerprint density at radius 3 is 2.81 bits per heavy atom. The Kier molecular flexibility index (Phi) is 2.87. The first kappa shape index (κ1) is 10.6. The van der Waals surface area contributed by atoms with E-state index in [1.807, 2.05) is 6.92 Å². The molecule has 5 heteroatoms. The second-order valence-corrected chi connectivity index (χ2v) is 3.33. The lowest BCUT2D eigenvalue weighted by molar-refractivity contribution is 0.0875. The number of hydrogen-bond donors (Lipinski definition) is 1. The third kappa shape index (κ3) is 1.77. The first-order chi connectivity index (χ1) is 7.74. The minimum Gasteiger partial charge on any atom is -0.361 e. The van der Waals surface area contributed by atoms with Gasteiger partial charge in [-0.25, -0.2) is 4.79 Å². The van der Waals surface area contributed by atoms with E-state index in [0.29, 0.717) is 17.5 Å². The van der Waals surface area contributed by atoms with Gasteiger partial charge in [-0.2, -0.15) is 0 Å². The summed E-state index contributed by atoms with van der Waals surface area (Å²) >= 11 is 0. The van der Waals surface area contributed by atoms with Crippen molar-refractivity contribution < 1.29 is 4.74 Å². The highest BCUT2D eigenvalue weighted by Gasteiger charge is 2.05. The smallest absolute Gasteiger partial charge is 0.330 e. The number of hydrogen-bond acceptors (Lipinski definition) is 3. The molecule has 5 nitrogen and oxygen atoms in total. The summed E-state index contributed by atoms with van der Waals surface area (Å²) in [6.45, 7) is 2.51. The fraction of sp³-hybridized carbons (Fsp3) is 0.273. The van der Waals surface area contributed by atoms with Crippen LogP contribution in [-0.2, 0) is 11.5 Å². The van der Waals surface area contributed by atoms with Gasteiger partial charge in [0.1, 0.15) is 6.73 Å². The number of para-hydroxylation sites is 1. The Balaban J connectivity index is 2.72. The van der Waals surface area contributed by atoms with E-state index in [2.05, 4.69) is 4.98 Å². The predicted molar refractivity (Wildman–Crippen MR) is 60.5 cm³/mol. The molecule has 0 aliphatic rings. The maximum absolute atomic E-state index is 11.6. The summed E-state index contributed by atoms with van der Waals surface area (Å²) in [6, 6.07) is 6.94. The molecular weight excluding hydrogens is 208 g/mol. The van der Waals surface area contributed by atoms with Crippen molar-refractivity contribution in [3.63, 3.8) is 0 Å². The van der Waals surface area contributed by atoms with Gasteiger partial charge in [-0.15, -0.1) is 0 Å². The van der Waals surface area contributed by atoms with Gasteiger partial charge in [0, 0.05) is 6.61 Å². The highest BCUT2D eigenvalue weighted by atomic mass is 16.5. The number of ether oxygens (including phenoxy) is 1. The Labute approximate surface area is 91.3 Å². The molecule has 0 amide bonds. The molecular formula is C11H12N2O3. The fourth-order valence-electron chi connectivity index (χ4n) is 1.55. The van der Waals surface area contributed by atoms with Crippen LogP contribution in [0.15, 0.2) is 33.9 Å². The molecule has 1 aromatic carbocycles. The zero-order valence-corrected chi connectivity index (χ0v) is 8.90. The Bertz CT molecular complexity index is 612. The van der Waals surface area contributed by atoms with Crippen LogP contribution in [0.2, 0.25) is 0 Å². The van der Waals surface area contributed by atoms with E-state index in [-0.39, 0.29) is 12.3 Å². The molecule has 1 heterocycles. The van der Waals surface area contributed by atoms with Crippen LogP contribution in [0.25, 0.3) is 10.9 Å². The Morgan fingerprint density at radius 2 is 2.06 bits per heavy atom. The lowest BCUT2D eigenvalue weighted by atomic mass is 10.2. The molecule has 2 rings (SSSR count). The number of aromatic nitrogens is 2. The summed E-state index contributed by atoms with van der Waals surface area (Å²) in [7, 11) is 0. The first-order valence-corrected chi connectivity index (χ1v) is 5.03. The highest BCUT2D eigenvalue weighted by molar-refractivity contribution is 5.77. The summed E-state index contributed by atoms with van der Waals surface area (Å²) in [5.41, 5.74) is -0.227. The molecule has 0 atom stereocenters. The molecule has 0 fully saturated rings. The van der Waals surface area contributed by atoms with Crippen LogP contribution in [0.3, 0.4) is 0 Å². The van der Waals surface area contributed by atoms with Gasteiger partial charge in [0.15, 0.2) is 0 Å².